The van der Waals surface area contributed by atoms with E-state index in [-0.39, 0.29) is 10.6 Å². The fourth-order valence-electron chi connectivity index (χ4n) is 1.97. The summed E-state index contributed by atoms with van der Waals surface area (Å²) in [7, 11) is 3.18. The average Bonchev–Trinajstić information content (AvgIpc) is 2.49. The first kappa shape index (κ1) is 16.8. The zero-order valence-corrected chi connectivity index (χ0v) is 16.1. The maximum Gasteiger partial charge on any atom is 0.141 e. The first-order chi connectivity index (χ1) is 9.99. The number of alkyl halides is 1. The van der Waals surface area contributed by atoms with Crippen LogP contribution >= 0.6 is 47.8 Å². The van der Waals surface area contributed by atoms with Gasteiger partial charge in [-0.25, -0.2) is 4.39 Å². The van der Waals surface area contributed by atoms with Crippen molar-refractivity contribution >= 4 is 47.8 Å². The summed E-state index contributed by atoms with van der Waals surface area (Å²) in [5.74, 6) is 1.03. The molecular weight excluding hydrogens is 471 g/mol. The molecule has 2 nitrogen and oxygen atoms in total. The molecular formula is C15H12Br3FO2. The van der Waals surface area contributed by atoms with Gasteiger partial charge in [-0.2, -0.15) is 0 Å². The fourth-order valence-corrected chi connectivity index (χ4v) is 3.54. The molecule has 1 atom stereocenters. The van der Waals surface area contributed by atoms with E-state index in [0.29, 0.717) is 16.0 Å². The van der Waals surface area contributed by atoms with E-state index in [0.717, 1.165) is 15.6 Å². The molecule has 112 valence electrons. The molecule has 0 aromatic heterocycles. The normalized spacial score (nSPS) is 12.1. The first-order valence-corrected chi connectivity index (χ1v) is 8.49. The predicted molar refractivity (Wildman–Crippen MR) is 92.1 cm³/mol. The van der Waals surface area contributed by atoms with Gasteiger partial charge in [-0.3, -0.25) is 0 Å². The van der Waals surface area contributed by atoms with Crippen LogP contribution in [-0.4, -0.2) is 14.2 Å². The SMILES string of the molecule is COc1ccc(C(Br)c2ccc(Br)c(F)c2)c(OC)c1Br. The Morgan fingerprint density at radius 2 is 1.76 bits per heavy atom. The molecule has 0 fully saturated rings. The molecule has 2 rings (SSSR count). The highest BCUT2D eigenvalue weighted by atomic mass is 79.9. The molecule has 2 aromatic rings. The molecule has 0 aliphatic rings. The lowest BCUT2D eigenvalue weighted by atomic mass is 10.0. The lowest BCUT2D eigenvalue weighted by Crippen LogP contribution is -2.00. The van der Waals surface area contributed by atoms with Crippen molar-refractivity contribution in [3.8, 4) is 11.5 Å². The topological polar surface area (TPSA) is 18.5 Å². The van der Waals surface area contributed by atoms with Crippen molar-refractivity contribution in [3.05, 3.63) is 56.2 Å². The van der Waals surface area contributed by atoms with Crippen LogP contribution in [0.5, 0.6) is 11.5 Å². The second kappa shape index (κ2) is 7.11. The van der Waals surface area contributed by atoms with Gasteiger partial charge in [0.15, 0.2) is 0 Å². The van der Waals surface area contributed by atoms with Crippen LogP contribution in [0, 0.1) is 5.82 Å². The summed E-state index contributed by atoms with van der Waals surface area (Å²) in [4.78, 5) is -0.197. The fraction of sp³-hybridized carbons (Fsp3) is 0.200. The Morgan fingerprint density at radius 3 is 2.33 bits per heavy atom. The van der Waals surface area contributed by atoms with E-state index < -0.39 is 0 Å². The molecule has 0 amide bonds. The monoisotopic (exact) mass is 480 g/mol. The molecule has 0 radical (unpaired) electrons. The average molecular weight is 483 g/mol. The largest absolute Gasteiger partial charge is 0.495 e. The number of methoxy groups -OCH3 is 2. The Bertz CT molecular complexity index is 662. The van der Waals surface area contributed by atoms with Crippen LogP contribution < -0.4 is 9.47 Å². The van der Waals surface area contributed by atoms with Crippen LogP contribution in [0.2, 0.25) is 0 Å². The molecule has 0 spiro atoms. The summed E-state index contributed by atoms with van der Waals surface area (Å²) in [6.45, 7) is 0. The molecule has 0 aliphatic heterocycles. The third-order valence-corrected chi connectivity index (χ3v) is 5.44. The van der Waals surface area contributed by atoms with Crippen LogP contribution in [-0.2, 0) is 0 Å². The van der Waals surface area contributed by atoms with Gasteiger partial charge < -0.3 is 9.47 Å². The van der Waals surface area contributed by atoms with Gasteiger partial charge in [-0.1, -0.05) is 28.1 Å². The second-order valence-electron chi connectivity index (χ2n) is 4.24. The van der Waals surface area contributed by atoms with Gasteiger partial charge in [0.2, 0.25) is 0 Å². The maximum atomic E-state index is 13.7. The quantitative estimate of drug-likeness (QED) is 0.509. The standard InChI is InChI=1S/C15H12Br3FO2/c1-20-12-6-4-9(15(21-2)14(12)18)13(17)8-3-5-10(16)11(19)7-8/h3-7,13H,1-2H3. The maximum absolute atomic E-state index is 13.7. The van der Waals surface area contributed by atoms with E-state index in [1.54, 1.807) is 20.3 Å². The third kappa shape index (κ3) is 3.43. The lowest BCUT2D eigenvalue weighted by molar-refractivity contribution is 0.386. The summed E-state index contributed by atoms with van der Waals surface area (Å²) in [5, 5.41) is 0. The van der Waals surface area contributed by atoms with Crippen molar-refractivity contribution in [2.24, 2.45) is 0 Å². The molecule has 0 saturated carbocycles. The molecule has 1 unspecified atom stereocenters. The van der Waals surface area contributed by atoms with Crippen LogP contribution in [0.3, 0.4) is 0 Å². The summed E-state index contributed by atoms with van der Waals surface area (Å²) in [5.41, 5.74) is 1.68. The minimum atomic E-state index is -0.302. The number of hydrogen-bond donors (Lipinski definition) is 0. The van der Waals surface area contributed by atoms with E-state index >= 15 is 0 Å². The summed E-state index contributed by atoms with van der Waals surface area (Å²) < 4.78 is 25.6. The summed E-state index contributed by atoms with van der Waals surface area (Å²) >= 11 is 10.2. The molecule has 0 bridgehead atoms. The Balaban J connectivity index is 2.50. The van der Waals surface area contributed by atoms with Gasteiger partial charge in [0, 0.05) is 5.56 Å². The number of halogens is 4. The number of benzene rings is 2. The summed E-state index contributed by atoms with van der Waals surface area (Å²) in [6.07, 6.45) is 0. The lowest BCUT2D eigenvalue weighted by Gasteiger charge is -2.18. The highest BCUT2D eigenvalue weighted by Gasteiger charge is 2.20. The minimum Gasteiger partial charge on any atom is -0.495 e. The van der Waals surface area contributed by atoms with E-state index in [9.17, 15) is 4.39 Å². The zero-order chi connectivity index (χ0) is 15.6. The van der Waals surface area contributed by atoms with E-state index in [1.807, 2.05) is 18.2 Å². The molecule has 21 heavy (non-hydrogen) atoms. The molecule has 0 N–H and O–H groups in total. The van der Waals surface area contributed by atoms with Crippen molar-refractivity contribution in [3.63, 3.8) is 0 Å². The molecule has 0 saturated heterocycles. The van der Waals surface area contributed by atoms with E-state index in [4.69, 9.17) is 9.47 Å². The van der Waals surface area contributed by atoms with Gasteiger partial charge in [0.25, 0.3) is 0 Å². The Labute approximate surface area is 148 Å². The van der Waals surface area contributed by atoms with Gasteiger partial charge in [-0.15, -0.1) is 0 Å². The first-order valence-electron chi connectivity index (χ1n) is 5.99. The van der Waals surface area contributed by atoms with Crippen molar-refractivity contribution in [2.75, 3.05) is 14.2 Å². The Hall–Kier alpha value is -0.590. The van der Waals surface area contributed by atoms with Crippen molar-refractivity contribution in [1.29, 1.82) is 0 Å². The number of ether oxygens (including phenoxy) is 2. The highest BCUT2D eigenvalue weighted by Crippen LogP contribution is 2.44. The molecule has 0 heterocycles. The highest BCUT2D eigenvalue weighted by molar-refractivity contribution is 9.11. The van der Waals surface area contributed by atoms with Crippen molar-refractivity contribution in [1.82, 2.24) is 0 Å². The van der Waals surface area contributed by atoms with Crippen molar-refractivity contribution in [2.45, 2.75) is 4.83 Å². The number of rotatable bonds is 4. The van der Waals surface area contributed by atoms with Crippen LogP contribution in [0.1, 0.15) is 16.0 Å². The second-order valence-corrected chi connectivity index (χ2v) is 6.80. The molecule has 6 heteroatoms. The van der Waals surface area contributed by atoms with Gasteiger partial charge >= 0.3 is 0 Å². The van der Waals surface area contributed by atoms with Gasteiger partial charge in [-0.05, 0) is 55.6 Å². The van der Waals surface area contributed by atoms with Crippen LogP contribution in [0.25, 0.3) is 0 Å². The third-order valence-electron chi connectivity index (χ3n) is 3.03. The molecule has 0 aliphatic carbocycles. The number of hydrogen-bond acceptors (Lipinski definition) is 2. The van der Waals surface area contributed by atoms with E-state index in [1.165, 1.54) is 6.07 Å². The zero-order valence-electron chi connectivity index (χ0n) is 11.3. The van der Waals surface area contributed by atoms with E-state index in [2.05, 4.69) is 47.8 Å². The minimum absolute atomic E-state index is 0.197. The Morgan fingerprint density at radius 1 is 1.05 bits per heavy atom. The van der Waals surface area contributed by atoms with Gasteiger partial charge in [0.05, 0.1) is 23.5 Å². The van der Waals surface area contributed by atoms with Crippen LogP contribution in [0.4, 0.5) is 4.39 Å². The van der Waals surface area contributed by atoms with Crippen LogP contribution in [0.15, 0.2) is 39.3 Å². The predicted octanol–water partition coefficient (Wildman–Crippen LogP) is 5.85. The smallest absolute Gasteiger partial charge is 0.141 e. The summed E-state index contributed by atoms with van der Waals surface area (Å²) in [6, 6.07) is 8.75. The van der Waals surface area contributed by atoms with Crippen molar-refractivity contribution < 1.29 is 13.9 Å². The van der Waals surface area contributed by atoms with Gasteiger partial charge in [0.1, 0.15) is 21.8 Å². The molecule has 2 aromatic carbocycles. The Kier molecular flexibility index (Phi) is 5.68.